The summed E-state index contributed by atoms with van der Waals surface area (Å²) in [6.45, 7) is 0.130. The van der Waals surface area contributed by atoms with Gasteiger partial charge in [0.05, 0.1) is 10.5 Å². The predicted octanol–water partition coefficient (Wildman–Crippen LogP) is 4.42. The lowest BCUT2D eigenvalue weighted by molar-refractivity contribution is -0.138. The maximum Gasteiger partial charge on any atom is 0.416 e. The molecule has 0 unspecified atom stereocenters. The summed E-state index contributed by atoms with van der Waals surface area (Å²) >= 11 is 11.9. The van der Waals surface area contributed by atoms with Crippen LogP contribution in [0.2, 0.25) is 5.02 Å². The second-order valence-corrected chi connectivity index (χ2v) is 7.15. The molecule has 134 valence electrons. The molecule has 0 aliphatic carbocycles. The van der Waals surface area contributed by atoms with Gasteiger partial charge in [-0.05, 0) is 36.3 Å². The number of carboxylic acid groups (broad SMARTS) is 1. The first kappa shape index (κ1) is 19.7. The largest absolute Gasteiger partial charge is 0.481 e. The zero-order chi connectivity index (χ0) is 18.8. The molecule has 25 heavy (non-hydrogen) atoms. The molecule has 2 rings (SSSR count). The minimum absolute atomic E-state index is 0.0579. The number of carboxylic acids is 1. The Morgan fingerprint density at radius 2 is 2.08 bits per heavy atom. The van der Waals surface area contributed by atoms with Crippen LogP contribution in [0.4, 0.5) is 13.2 Å². The van der Waals surface area contributed by atoms with E-state index in [1.807, 2.05) is 0 Å². The average Bonchev–Trinajstić information content (AvgIpc) is 2.75. The van der Waals surface area contributed by atoms with Crippen LogP contribution in [0.3, 0.4) is 0 Å². The van der Waals surface area contributed by atoms with Gasteiger partial charge in [-0.1, -0.05) is 35.6 Å². The molecule has 10 heteroatoms. The monoisotopic (exact) mass is 409 g/mol. The second-order valence-electron chi connectivity index (χ2n) is 5.06. The third kappa shape index (κ3) is 4.96. The predicted molar refractivity (Wildman–Crippen MR) is 93.2 cm³/mol. The number of alkyl halides is 3. The number of hydrogen-bond acceptors (Lipinski definition) is 4. The molecule has 0 aromatic heterocycles. The Labute approximate surface area is 155 Å². The maximum absolute atomic E-state index is 12.8. The van der Waals surface area contributed by atoms with E-state index in [0.717, 1.165) is 30.0 Å². The standard InChI is InChI=1S/C15H11ClF3NO3S2/c16-10-4-3-9(15(17,18)19)6-8(10)7-11-13(23)20(14(24)25-11)5-1-2-12(21)22/h3-4,6-7H,1-2,5H2,(H,21,22). The first-order valence-electron chi connectivity index (χ1n) is 6.93. The molecule has 4 nitrogen and oxygen atoms in total. The molecule has 1 fully saturated rings. The van der Waals surface area contributed by atoms with Gasteiger partial charge in [0.2, 0.25) is 0 Å². The Bertz CT molecular complexity index is 765. The Morgan fingerprint density at radius 1 is 1.40 bits per heavy atom. The Kier molecular flexibility index (Phi) is 6.12. The van der Waals surface area contributed by atoms with Crippen molar-refractivity contribution in [3.8, 4) is 0 Å². The molecule has 0 atom stereocenters. The number of amides is 1. The van der Waals surface area contributed by atoms with Crippen molar-refractivity contribution < 1.29 is 27.9 Å². The number of nitrogens with zero attached hydrogens (tertiary/aromatic N) is 1. The lowest BCUT2D eigenvalue weighted by Gasteiger charge is -2.13. The van der Waals surface area contributed by atoms with Gasteiger partial charge in [0, 0.05) is 18.0 Å². The molecule has 1 aromatic carbocycles. The van der Waals surface area contributed by atoms with Crippen LogP contribution in [-0.4, -0.2) is 32.7 Å². The van der Waals surface area contributed by atoms with Gasteiger partial charge in [0.1, 0.15) is 4.32 Å². The van der Waals surface area contributed by atoms with Gasteiger partial charge in [-0.25, -0.2) is 0 Å². The Balaban J connectivity index is 2.23. The number of carbonyl (C=O) groups is 2. The van der Waals surface area contributed by atoms with Gasteiger partial charge in [-0.2, -0.15) is 13.2 Å². The summed E-state index contributed by atoms with van der Waals surface area (Å²) in [6, 6.07) is 2.83. The van der Waals surface area contributed by atoms with Crippen LogP contribution in [0.5, 0.6) is 0 Å². The molecule has 0 radical (unpaired) electrons. The first-order chi connectivity index (χ1) is 11.6. The van der Waals surface area contributed by atoms with E-state index in [4.69, 9.17) is 28.9 Å². The highest BCUT2D eigenvalue weighted by molar-refractivity contribution is 8.26. The molecule has 1 heterocycles. The lowest BCUT2D eigenvalue weighted by Crippen LogP contribution is -2.29. The van der Waals surface area contributed by atoms with E-state index >= 15 is 0 Å². The van der Waals surface area contributed by atoms with Crippen molar-refractivity contribution in [2.45, 2.75) is 19.0 Å². The fraction of sp³-hybridized carbons (Fsp3) is 0.267. The second kappa shape index (κ2) is 7.76. The van der Waals surface area contributed by atoms with E-state index in [9.17, 15) is 22.8 Å². The minimum Gasteiger partial charge on any atom is -0.481 e. The number of thiocarbonyl (C=S) groups is 1. The zero-order valence-electron chi connectivity index (χ0n) is 12.5. The smallest absolute Gasteiger partial charge is 0.416 e. The molecule has 0 bridgehead atoms. The van der Waals surface area contributed by atoms with Gasteiger partial charge in [-0.15, -0.1) is 0 Å². The summed E-state index contributed by atoms with van der Waals surface area (Å²) < 4.78 is 38.6. The van der Waals surface area contributed by atoms with Crippen LogP contribution >= 0.6 is 35.6 Å². The Hall–Kier alpha value is -1.58. The van der Waals surface area contributed by atoms with Crippen molar-refractivity contribution in [2.75, 3.05) is 6.54 Å². The van der Waals surface area contributed by atoms with Crippen molar-refractivity contribution in [3.05, 3.63) is 39.3 Å². The number of halogens is 4. The zero-order valence-corrected chi connectivity index (χ0v) is 14.9. The third-order valence-electron chi connectivity index (χ3n) is 3.26. The number of carbonyl (C=O) groups excluding carboxylic acids is 1. The average molecular weight is 410 g/mol. The highest BCUT2D eigenvalue weighted by atomic mass is 35.5. The van der Waals surface area contributed by atoms with Gasteiger partial charge < -0.3 is 5.11 Å². The number of aliphatic carboxylic acids is 1. The van der Waals surface area contributed by atoms with Gasteiger partial charge >= 0.3 is 12.1 Å². The van der Waals surface area contributed by atoms with Gasteiger partial charge in [-0.3, -0.25) is 14.5 Å². The van der Waals surface area contributed by atoms with Crippen LogP contribution in [0, 0.1) is 0 Å². The van der Waals surface area contributed by atoms with Crippen LogP contribution in [0.15, 0.2) is 23.1 Å². The fourth-order valence-electron chi connectivity index (χ4n) is 2.05. The van der Waals surface area contributed by atoms with Crippen LogP contribution < -0.4 is 0 Å². The van der Waals surface area contributed by atoms with E-state index in [0.29, 0.717) is 0 Å². The van der Waals surface area contributed by atoms with Crippen LogP contribution in [-0.2, 0) is 15.8 Å². The summed E-state index contributed by atoms with van der Waals surface area (Å²) in [5, 5.41) is 8.70. The summed E-state index contributed by atoms with van der Waals surface area (Å²) in [7, 11) is 0. The van der Waals surface area contributed by atoms with Gasteiger partial charge in [0.25, 0.3) is 5.91 Å². The molecular weight excluding hydrogens is 399 g/mol. The normalized spacial score (nSPS) is 16.8. The van der Waals surface area contributed by atoms with Gasteiger partial charge in [0.15, 0.2) is 0 Å². The van der Waals surface area contributed by atoms with Crippen LogP contribution in [0.1, 0.15) is 24.0 Å². The SMILES string of the molecule is O=C(O)CCCN1C(=O)C(=Cc2cc(C(F)(F)F)ccc2Cl)SC1=S. The number of rotatable bonds is 5. The number of hydrogen-bond donors (Lipinski definition) is 1. The third-order valence-corrected chi connectivity index (χ3v) is 4.98. The quantitative estimate of drug-likeness (QED) is 0.576. The van der Waals surface area contributed by atoms with E-state index in [1.165, 1.54) is 11.0 Å². The molecular formula is C15H11ClF3NO3S2. The fourth-order valence-corrected chi connectivity index (χ4v) is 3.52. The number of thioether (sulfide) groups is 1. The summed E-state index contributed by atoms with van der Waals surface area (Å²) in [4.78, 5) is 24.2. The van der Waals surface area contributed by atoms with E-state index in [1.54, 1.807) is 0 Å². The highest BCUT2D eigenvalue weighted by Crippen LogP contribution is 2.36. The summed E-state index contributed by atoms with van der Waals surface area (Å²) in [5.74, 6) is -1.47. The maximum atomic E-state index is 12.8. The molecule has 1 aliphatic rings. The van der Waals surface area contributed by atoms with Crippen molar-refractivity contribution >= 4 is 57.9 Å². The number of benzene rings is 1. The van der Waals surface area contributed by atoms with Crippen molar-refractivity contribution in [2.24, 2.45) is 0 Å². The molecule has 1 saturated heterocycles. The van der Waals surface area contributed by atoms with E-state index in [-0.39, 0.29) is 39.2 Å². The molecule has 1 aliphatic heterocycles. The van der Waals surface area contributed by atoms with Crippen molar-refractivity contribution in [1.82, 2.24) is 4.90 Å². The molecule has 1 N–H and O–H groups in total. The van der Waals surface area contributed by atoms with Crippen molar-refractivity contribution in [3.63, 3.8) is 0 Å². The topological polar surface area (TPSA) is 57.6 Å². The van der Waals surface area contributed by atoms with Crippen LogP contribution in [0.25, 0.3) is 6.08 Å². The summed E-state index contributed by atoms with van der Waals surface area (Å²) in [5.41, 5.74) is -0.817. The van der Waals surface area contributed by atoms with E-state index in [2.05, 4.69) is 0 Å². The first-order valence-corrected chi connectivity index (χ1v) is 8.54. The molecule has 1 amide bonds. The van der Waals surface area contributed by atoms with Crippen molar-refractivity contribution in [1.29, 1.82) is 0 Å². The minimum atomic E-state index is -4.52. The summed E-state index contributed by atoms with van der Waals surface area (Å²) in [6.07, 6.45) is -3.16. The molecule has 0 spiro atoms. The lowest BCUT2D eigenvalue weighted by atomic mass is 10.1. The Morgan fingerprint density at radius 3 is 2.68 bits per heavy atom. The molecule has 0 saturated carbocycles. The highest BCUT2D eigenvalue weighted by Gasteiger charge is 2.33. The van der Waals surface area contributed by atoms with E-state index < -0.39 is 23.6 Å². The molecule has 1 aromatic rings.